The maximum Gasteiger partial charge on any atom is 0.315 e. The van der Waals surface area contributed by atoms with E-state index >= 15 is 0 Å². The van der Waals surface area contributed by atoms with Crippen LogP contribution < -0.4 is 16.4 Å². The Bertz CT molecular complexity index is 408. The van der Waals surface area contributed by atoms with Gasteiger partial charge in [-0.2, -0.15) is 0 Å². The normalized spacial score (nSPS) is 11.6. The first kappa shape index (κ1) is 14.9. The number of nitrogens with one attached hydrogen (secondary N) is 2. The number of carbonyl (C=O) groups excluding carboxylic acids is 2. The molecule has 0 aromatic carbocycles. The van der Waals surface area contributed by atoms with Gasteiger partial charge in [0.2, 0.25) is 5.91 Å². The minimum absolute atomic E-state index is 0.110. The molecular weight excluding hydrogens is 244 g/mol. The van der Waals surface area contributed by atoms with Gasteiger partial charge in [-0.3, -0.25) is 9.78 Å². The highest BCUT2D eigenvalue weighted by molar-refractivity contribution is 5.82. The summed E-state index contributed by atoms with van der Waals surface area (Å²) in [5, 5.41) is 5.24. The topological polar surface area (TPSA) is 97.1 Å². The molecule has 1 aromatic heterocycles. The summed E-state index contributed by atoms with van der Waals surface area (Å²) >= 11 is 0. The van der Waals surface area contributed by atoms with E-state index in [9.17, 15) is 9.59 Å². The van der Waals surface area contributed by atoms with E-state index in [1.165, 1.54) is 0 Å². The maximum atomic E-state index is 11.6. The van der Waals surface area contributed by atoms with Crippen molar-refractivity contribution in [3.05, 3.63) is 30.1 Å². The molecule has 0 unspecified atom stereocenters. The smallest absolute Gasteiger partial charge is 0.315 e. The maximum absolute atomic E-state index is 11.6. The van der Waals surface area contributed by atoms with E-state index in [1.807, 2.05) is 12.1 Å². The van der Waals surface area contributed by atoms with Crippen LogP contribution in [0.5, 0.6) is 0 Å². The first-order valence-electron chi connectivity index (χ1n) is 6.36. The summed E-state index contributed by atoms with van der Waals surface area (Å²) in [7, 11) is 0. The highest BCUT2D eigenvalue weighted by Gasteiger charge is 2.14. The van der Waals surface area contributed by atoms with E-state index < -0.39 is 11.9 Å². The van der Waals surface area contributed by atoms with Gasteiger partial charge >= 0.3 is 6.03 Å². The number of hydrogen-bond acceptors (Lipinski definition) is 3. The Kier molecular flexibility index (Phi) is 6.35. The van der Waals surface area contributed by atoms with Crippen molar-refractivity contribution in [3.63, 3.8) is 0 Å². The van der Waals surface area contributed by atoms with E-state index in [4.69, 9.17) is 5.73 Å². The summed E-state index contributed by atoms with van der Waals surface area (Å²) in [5.74, 6) is -0.568. The van der Waals surface area contributed by atoms with Crippen LogP contribution in [0.3, 0.4) is 0 Å². The molecule has 1 heterocycles. The molecule has 4 N–H and O–H groups in total. The molecule has 0 saturated carbocycles. The van der Waals surface area contributed by atoms with Crippen molar-refractivity contribution >= 4 is 11.9 Å². The SMILES string of the molecule is CCCC[C@@H](NC(=O)NCC(N)=O)c1cccnc1. The monoisotopic (exact) mass is 264 g/mol. The van der Waals surface area contributed by atoms with Crippen LogP contribution in [0.2, 0.25) is 0 Å². The molecule has 104 valence electrons. The quantitative estimate of drug-likeness (QED) is 0.687. The zero-order valence-corrected chi connectivity index (χ0v) is 11.1. The number of urea groups is 1. The number of carbonyl (C=O) groups is 2. The van der Waals surface area contributed by atoms with Crippen LogP contribution in [-0.2, 0) is 4.79 Å². The molecule has 0 spiro atoms. The second-order valence-corrected chi connectivity index (χ2v) is 4.27. The molecule has 1 aromatic rings. The van der Waals surface area contributed by atoms with Crippen molar-refractivity contribution in [1.82, 2.24) is 15.6 Å². The second kappa shape index (κ2) is 8.07. The number of nitrogens with zero attached hydrogens (tertiary/aromatic N) is 1. The summed E-state index contributed by atoms with van der Waals surface area (Å²) in [6.07, 6.45) is 6.28. The Balaban J connectivity index is 2.59. The number of aromatic nitrogens is 1. The van der Waals surface area contributed by atoms with Gasteiger partial charge in [0.1, 0.15) is 0 Å². The van der Waals surface area contributed by atoms with Gasteiger partial charge in [-0.15, -0.1) is 0 Å². The van der Waals surface area contributed by atoms with Crippen molar-refractivity contribution in [2.24, 2.45) is 5.73 Å². The molecule has 0 radical (unpaired) electrons. The van der Waals surface area contributed by atoms with Crippen molar-refractivity contribution in [2.75, 3.05) is 6.54 Å². The Labute approximate surface area is 112 Å². The van der Waals surface area contributed by atoms with Crippen LogP contribution in [-0.4, -0.2) is 23.5 Å². The summed E-state index contributed by atoms with van der Waals surface area (Å²) in [6, 6.07) is 3.24. The second-order valence-electron chi connectivity index (χ2n) is 4.27. The lowest BCUT2D eigenvalue weighted by Gasteiger charge is -2.18. The summed E-state index contributed by atoms with van der Waals surface area (Å²) in [4.78, 5) is 26.3. The van der Waals surface area contributed by atoms with Crippen LogP contribution in [0, 0.1) is 0 Å². The van der Waals surface area contributed by atoms with Crippen molar-refractivity contribution in [1.29, 1.82) is 0 Å². The van der Waals surface area contributed by atoms with Gasteiger partial charge in [-0.1, -0.05) is 25.8 Å². The Morgan fingerprint density at radius 1 is 1.47 bits per heavy atom. The Morgan fingerprint density at radius 3 is 2.84 bits per heavy atom. The molecular formula is C13H20N4O2. The molecule has 0 aliphatic carbocycles. The molecule has 0 fully saturated rings. The largest absolute Gasteiger partial charge is 0.368 e. The van der Waals surface area contributed by atoms with Crippen LogP contribution in [0.1, 0.15) is 37.8 Å². The first-order chi connectivity index (χ1) is 9.13. The standard InChI is InChI=1S/C13H20N4O2/c1-2-3-6-11(10-5-4-7-15-8-10)17-13(19)16-9-12(14)18/h4-5,7-8,11H,2-3,6,9H2,1H3,(H2,14,18)(H2,16,17,19)/t11-/m1/s1. The fourth-order valence-electron chi connectivity index (χ4n) is 1.69. The Morgan fingerprint density at radius 2 is 2.26 bits per heavy atom. The van der Waals surface area contributed by atoms with Gasteiger partial charge in [-0.25, -0.2) is 4.79 Å². The average Bonchev–Trinajstić information content (AvgIpc) is 2.42. The van der Waals surface area contributed by atoms with Crippen molar-refractivity contribution < 1.29 is 9.59 Å². The molecule has 0 bridgehead atoms. The number of nitrogens with two attached hydrogens (primary N) is 1. The van der Waals surface area contributed by atoms with E-state index in [0.29, 0.717) is 0 Å². The number of pyridine rings is 1. The zero-order chi connectivity index (χ0) is 14.1. The van der Waals surface area contributed by atoms with Crippen LogP contribution in [0.25, 0.3) is 0 Å². The number of amides is 3. The van der Waals surface area contributed by atoms with Crippen LogP contribution in [0.4, 0.5) is 4.79 Å². The molecule has 1 rings (SSSR count). The lowest BCUT2D eigenvalue weighted by atomic mass is 10.0. The van der Waals surface area contributed by atoms with Gasteiger partial charge < -0.3 is 16.4 Å². The minimum Gasteiger partial charge on any atom is -0.368 e. The third kappa shape index (κ3) is 5.85. The van der Waals surface area contributed by atoms with Gasteiger partial charge in [0, 0.05) is 12.4 Å². The molecule has 0 aliphatic rings. The molecule has 0 saturated heterocycles. The van der Waals surface area contributed by atoms with Crippen LogP contribution in [0.15, 0.2) is 24.5 Å². The van der Waals surface area contributed by atoms with E-state index in [1.54, 1.807) is 12.4 Å². The lowest BCUT2D eigenvalue weighted by Crippen LogP contribution is -2.41. The van der Waals surface area contributed by atoms with Crippen LogP contribution >= 0.6 is 0 Å². The number of unbranched alkanes of at least 4 members (excludes halogenated alkanes) is 1. The highest BCUT2D eigenvalue weighted by atomic mass is 16.2. The first-order valence-corrected chi connectivity index (χ1v) is 6.36. The highest BCUT2D eigenvalue weighted by Crippen LogP contribution is 2.18. The van der Waals surface area contributed by atoms with Crippen molar-refractivity contribution in [2.45, 2.75) is 32.2 Å². The Hall–Kier alpha value is -2.11. The van der Waals surface area contributed by atoms with Gasteiger partial charge in [0.25, 0.3) is 0 Å². The third-order valence-corrected chi connectivity index (χ3v) is 2.66. The minimum atomic E-state index is -0.568. The van der Waals surface area contributed by atoms with Gasteiger partial charge in [0.05, 0.1) is 12.6 Å². The number of rotatable bonds is 7. The predicted molar refractivity (Wildman–Crippen MR) is 72.2 cm³/mol. The third-order valence-electron chi connectivity index (χ3n) is 2.66. The molecule has 6 heteroatoms. The predicted octanol–water partition coefficient (Wildman–Crippen LogP) is 1.10. The van der Waals surface area contributed by atoms with Gasteiger partial charge in [0.15, 0.2) is 0 Å². The van der Waals surface area contributed by atoms with E-state index in [-0.39, 0.29) is 12.6 Å². The summed E-state index contributed by atoms with van der Waals surface area (Å²) < 4.78 is 0. The van der Waals surface area contributed by atoms with Crippen molar-refractivity contribution in [3.8, 4) is 0 Å². The molecule has 19 heavy (non-hydrogen) atoms. The number of primary amides is 1. The molecule has 6 nitrogen and oxygen atoms in total. The molecule has 1 atom stereocenters. The lowest BCUT2D eigenvalue weighted by molar-refractivity contribution is -0.117. The molecule has 3 amide bonds. The fraction of sp³-hybridized carbons (Fsp3) is 0.462. The summed E-state index contributed by atoms with van der Waals surface area (Å²) in [5.41, 5.74) is 5.92. The molecule has 0 aliphatic heterocycles. The van der Waals surface area contributed by atoms with E-state index in [0.717, 1.165) is 24.8 Å². The number of hydrogen-bond donors (Lipinski definition) is 3. The fourth-order valence-corrected chi connectivity index (χ4v) is 1.69. The van der Waals surface area contributed by atoms with Gasteiger partial charge in [-0.05, 0) is 18.1 Å². The zero-order valence-electron chi connectivity index (χ0n) is 11.1. The average molecular weight is 264 g/mol. The van der Waals surface area contributed by atoms with E-state index in [2.05, 4.69) is 22.5 Å². The summed E-state index contributed by atoms with van der Waals surface area (Å²) in [6.45, 7) is 1.92.